The van der Waals surface area contributed by atoms with Crippen molar-refractivity contribution >= 4 is 77.0 Å². The summed E-state index contributed by atoms with van der Waals surface area (Å²) < 4.78 is 2.66. The molecule has 280 valence electrons. The maximum atomic E-state index is 2.44. The van der Waals surface area contributed by atoms with E-state index in [2.05, 4.69) is 250 Å². The molecule has 0 fully saturated rings. The average molecular weight is 851 g/mol. The van der Waals surface area contributed by atoms with Crippen LogP contribution in [-0.4, -0.2) is 68.2 Å². The molecule has 6 heteroatoms. The van der Waals surface area contributed by atoms with Crippen molar-refractivity contribution in [3.05, 3.63) is 24.3 Å². The van der Waals surface area contributed by atoms with Crippen molar-refractivity contribution in [2.75, 3.05) is 0 Å². The molecule has 0 amide bonds. The third-order valence-electron chi connectivity index (χ3n) is 9.88. The first kappa shape index (κ1) is 55.9. The zero-order valence-electron chi connectivity index (χ0n) is 38.3. The molecule has 0 bridgehead atoms. The van der Waals surface area contributed by atoms with Gasteiger partial charge in [0.2, 0.25) is 0 Å². The van der Waals surface area contributed by atoms with Crippen LogP contribution in [0.3, 0.4) is 0 Å². The molecule has 48 heavy (non-hydrogen) atoms. The molecule has 0 N–H and O–H groups in total. The Balaban J connectivity index is -0.000000252. The fraction of sp³-hybridized carbons (Fsp3) is 0.857. The summed E-state index contributed by atoms with van der Waals surface area (Å²) in [5, 5.41) is 4.36. The van der Waals surface area contributed by atoms with Gasteiger partial charge in [0.05, 0.1) is 35.2 Å². The van der Waals surface area contributed by atoms with Crippen molar-refractivity contribution in [2.24, 2.45) is 0 Å². The molecule has 0 heterocycles. The Labute approximate surface area is 331 Å². The summed E-state index contributed by atoms with van der Waals surface area (Å²) in [7, 11) is -0.883. The quantitative estimate of drug-likeness (QED) is 0.228. The van der Waals surface area contributed by atoms with Gasteiger partial charge in [-0.3, -0.25) is 0 Å². The molecular formula is C42H88Ge2Si4. The van der Waals surface area contributed by atoms with E-state index in [4.69, 9.17) is 0 Å². The van der Waals surface area contributed by atoms with Gasteiger partial charge in [-0.15, -0.1) is 0 Å². The van der Waals surface area contributed by atoms with Crippen LogP contribution in [0.15, 0.2) is 24.3 Å². The van der Waals surface area contributed by atoms with Gasteiger partial charge in [-0.2, -0.15) is 0 Å². The van der Waals surface area contributed by atoms with E-state index in [0.717, 1.165) is 0 Å². The summed E-state index contributed by atoms with van der Waals surface area (Å²) in [6.07, 6.45) is 0. The number of rotatable bonds is 0. The van der Waals surface area contributed by atoms with Crippen molar-refractivity contribution in [3.63, 3.8) is 0 Å². The summed E-state index contributed by atoms with van der Waals surface area (Å²) in [5.41, 5.74) is 0. The molecule has 1 rings (SSSR count). The van der Waals surface area contributed by atoms with E-state index < -0.39 is 0 Å². The molecule has 0 saturated carbocycles. The summed E-state index contributed by atoms with van der Waals surface area (Å²) >= 11 is 4.19. The number of benzene rings is 1. The second-order valence-corrected chi connectivity index (χ2v) is 41.5. The topological polar surface area (TPSA) is 0 Å². The van der Waals surface area contributed by atoms with Crippen LogP contribution in [0.2, 0.25) is 66.5 Å². The van der Waals surface area contributed by atoms with Gasteiger partial charge in [0.25, 0.3) is 0 Å². The Bertz CT molecular complexity index is 764. The van der Waals surface area contributed by atoms with Crippen molar-refractivity contribution in [1.82, 2.24) is 0 Å². The van der Waals surface area contributed by atoms with Crippen LogP contribution in [0.25, 0.3) is 0 Å². The molecule has 1 aromatic carbocycles. The van der Waals surface area contributed by atoms with Crippen molar-refractivity contribution in [1.29, 1.82) is 0 Å². The molecule has 0 aliphatic rings. The minimum absolute atomic E-state index is 0.221. The summed E-state index contributed by atoms with van der Waals surface area (Å²) in [4.78, 5) is 0. The van der Waals surface area contributed by atoms with Gasteiger partial charge in [0, 0.05) is 0 Å². The predicted octanol–water partition coefficient (Wildman–Crippen LogP) is 14.1. The molecule has 0 aliphatic heterocycles. The number of hydrogen-bond acceptors (Lipinski definition) is 0. The molecule has 1 aromatic rings. The third-order valence-corrected chi connectivity index (χ3v) is 29.3. The first-order valence-electron chi connectivity index (χ1n) is 18.3. The Kier molecular flexibility index (Phi) is 24.7. The van der Waals surface area contributed by atoms with E-state index in [1.807, 2.05) is 0 Å². The van der Waals surface area contributed by atoms with E-state index in [-0.39, 0.29) is 35.2 Å². The van der Waals surface area contributed by atoms with Crippen LogP contribution >= 0.6 is 0 Å². The fourth-order valence-electron chi connectivity index (χ4n) is 4.97. The van der Waals surface area contributed by atoms with E-state index >= 15 is 0 Å². The first-order valence-corrected chi connectivity index (χ1v) is 28.4. The SMILES string of the molecule is C[Si](C(C)(C)C)C(C)(C)C.C[Si](C(C)(C)C)C(C)(C)C.C[Si](C(C)(C)C)C(C)(C)C.C[Si](C(C)(C)C)C(C)(C)C.[Ge][c]1cc[c]([Ge])cc1. The van der Waals surface area contributed by atoms with Gasteiger partial charge >= 0.3 is 66.1 Å². The molecule has 0 unspecified atom stereocenters. The summed E-state index contributed by atoms with van der Waals surface area (Å²) in [6, 6.07) is 8.48. The van der Waals surface area contributed by atoms with Crippen molar-refractivity contribution in [2.45, 2.75) is 233 Å². The fourth-order valence-corrected chi connectivity index (χ4v) is 14.7. The Hall–Kier alpha value is 1.17. The summed E-state index contributed by atoms with van der Waals surface area (Å²) in [5.74, 6) is 0. The van der Waals surface area contributed by atoms with Crippen molar-refractivity contribution in [3.8, 4) is 0 Å². The Morgan fingerprint density at radius 2 is 0.354 bits per heavy atom. The molecule has 0 atom stereocenters. The van der Waals surface area contributed by atoms with Crippen LogP contribution in [0, 0.1) is 0 Å². The molecule has 0 nitrogen and oxygen atoms in total. The van der Waals surface area contributed by atoms with Gasteiger partial charge in [-0.1, -0.05) is 192 Å². The van der Waals surface area contributed by atoms with Gasteiger partial charge in [-0.25, -0.2) is 0 Å². The van der Waals surface area contributed by atoms with E-state index in [9.17, 15) is 0 Å². The average Bonchev–Trinajstić information content (AvgIpc) is 2.81. The second-order valence-electron chi connectivity index (χ2n) is 22.1. The number of hydrogen-bond donors (Lipinski definition) is 0. The first-order chi connectivity index (χ1) is 20.4. The van der Waals surface area contributed by atoms with Crippen LogP contribution in [0.5, 0.6) is 0 Å². The van der Waals surface area contributed by atoms with Crippen LogP contribution in [0.4, 0.5) is 0 Å². The van der Waals surface area contributed by atoms with Crippen LogP contribution in [-0.2, 0) is 0 Å². The van der Waals surface area contributed by atoms with Crippen LogP contribution in [0.1, 0.15) is 166 Å². The van der Waals surface area contributed by atoms with E-state index in [0.29, 0.717) is 40.3 Å². The predicted molar refractivity (Wildman–Crippen MR) is 241 cm³/mol. The van der Waals surface area contributed by atoms with Crippen molar-refractivity contribution < 1.29 is 0 Å². The third kappa shape index (κ3) is 28.7. The molecule has 0 aliphatic carbocycles. The van der Waals surface area contributed by atoms with Crippen LogP contribution < -0.4 is 8.79 Å². The standard InChI is InChI=1S/4C9H21Si.C6H4Ge2/c4*1-8(2,3)10(7)9(4,5)6;7-5-1-2-6(8)4-3-5/h4*1-7H3;1-4H. The molecule has 10 radical (unpaired) electrons. The van der Waals surface area contributed by atoms with Gasteiger partial charge in [0.1, 0.15) is 0 Å². The van der Waals surface area contributed by atoms with E-state index in [1.54, 1.807) is 0 Å². The zero-order valence-corrected chi connectivity index (χ0v) is 46.5. The normalized spacial score (nSPS) is 13.5. The second kappa shape index (κ2) is 21.2. The molecule has 0 aromatic heterocycles. The van der Waals surface area contributed by atoms with E-state index in [1.165, 1.54) is 8.79 Å². The van der Waals surface area contributed by atoms with Gasteiger partial charge < -0.3 is 0 Å². The molecule has 0 saturated heterocycles. The summed E-state index contributed by atoms with van der Waals surface area (Å²) in [6.45, 7) is 66.2. The Morgan fingerprint density at radius 3 is 0.396 bits per heavy atom. The molecule has 0 spiro atoms. The maximum absolute atomic E-state index is 2.44. The zero-order chi connectivity index (χ0) is 40.3. The minimum atomic E-state index is -0.221. The van der Waals surface area contributed by atoms with Gasteiger partial charge in [-0.05, 0) is 40.3 Å². The molecular weight excluding hydrogens is 762 g/mol. The van der Waals surface area contributed by atoms with Gasteiger partial charge in [0.15, 0.2) is 0 Å². The monoisotopic (exact) mass is 852 g/mol. The Morgan fingerprint density at radius 1 is 0.271 bits per heavy atom.